The van der Waals surface area contributed by atoms with Crippen LogP contribution in [0.2, 0.25) is 0 Å². The van der Waals surface area contributed by atoms with Gasteiger partial charge in [0.2, 0.25) is 0 Å². The van der Waals surface area contributed by atoms with E-state index in [9.17, 15) is 0 Å². The monoisotopic (exact) mass is 288 g/mol. The van der Waals surface area contributed by atoms with E-state index in [2.05, 4.69) is 51.0 Å². The summed E-state index contributed by atoms with van der Waals surface area (Å²) in [7, 11) is 0. The molecular weight excluding hydrogens is 276 g/mol. The lowest BCUT2D eigenvalue weighted by molar-refractivity contribution is 0.700. The maximum absolute atomic E-state index is 5.64. The third-order valence-electron chi connectivity index (χ3n) is 3.59. The minimum Gasteiger partial charge on any atom is -0.365 e. The Hall–Kier alpha value is -3.28. The molecule has 0 bridgehead atoms. The van der Waals surface area contributed by atoms with Gasteiger partial charge >= 0.3 is 0 Å². The zero-order valence-electron chi connectivity index (χ0n) is 11.6. The van der Waals surface area contributed by atoms with E-state index in [0.29, 0.717) is 0 Å². The van der Waals surface area contributed by atoms with E-state index in [1.54, 1.807) is 6.21 Å². The fraction of sp³-hybridized carbons (Fsp3) is 0. The fourth-order valence-corrected chi connectivity index (χ4v) is 2.57. The van der Waals surface area contributed by atoms with Gasteiger partial charge in [0.25, 0.3) is 5.95 Å². The first-order chi connectivity index (χ1) is 10.8. The highest BCUT2D eigenvalue weighted by molar-refractivity contribution is 6.13. The Labute approximate surface area is 125 Å². The van der Waals surface area contributed by atoms with Crippen LogP contribution in [0.3, 0.4) is 0 Å². The van der Waals surface area contributed by atoms with Crippen LogP contribution in [0.1, 0.15) is 5.56 Å². The predicted molar refractivity (Wildman–Crippen MR) is 86.7 cm³/mol. The number of rotatable bonds is 2. The summed E-state index contributed by atoms with van der Waals surface area (Å²) in [4.78, 5) is 1.20. The van der Waals surface area contributed by atoms with Gasteiger partial charge in [-0.05, 0) is 38.0 Å². The van der Waals surface area contributed by atoms with Crippen molar-refractivity contribution in [1.29, 1.82) is 0 Å². The molecule has 3 aromatic carbocycles. The first-order valence-corrected chi connectivity index (χ1v) is 6.81. The van der Waals surface area contributed by atoms with Gasteiger partial charge in [0.1, 0.15) is 0 Å². The molecule has 1 aromatic heterocycles. The molecule has 0 saturated heterocycles. The van der Waals surface area contributed by atoms with Gasteiger partial charge in [-0.3, -0.25) is 0 Å². The molecule has 0 aliphatic heterocycles. The lowest BCUT2D eigenvalue weighted by Crippen LogP contribution is -2.00. The maximum Gasteiger partial charge on any atom is 0.263 e. The SMILES string of the molecule is Nc1nnnn1/N=C/c1c2ccccc2cc2ccccc12. The molecule has 0 spiro atoms. The van der Waals surface area contributed by atoms with Crippen molar-refractivity contribution in [1.82, 2.24) is 20.3 Å². The van der Waals surface area contributed by atoms with Crippen LogP contribution in [0.25, 0.3) is 21.5 Å². The first kappa shape index (κ1) is 12.5. The van der Waals surface area contributed by atoms with Crippen LogP contribution in [0.5, 0.6) is 0 Å². The first-order valence-electron chi connectivity index (χ1n) is 6.81. The van der Waals surface area contributed by atoms with Crippen molar-refractivity contribution < 1.29 is 0 Å². The second kappa shape index (κ2) is 4.92. The van der Waals surface area contributed by atoms with E-state index >= 15 is 0 Å². The molecule has 0 amide bonds. The number of tetrazole rings is 1. The van der Waals surface area contributed by atoms with Crippen molar-refractivity contribution in [3.8, 4) is 0 Å². The molecule has 0 aliphatic rings. The van der Waals surface area contributed by atoms with Crippen LogP contribution in [-0.2, 0) is 0 Å². The molecule has 2 N–H and O–H groups in total. The zero-order valence-corrected chi connectivity index (χ0v) is 11.6. The highest BCUT2D eigenvalue weighted by Crippen LogP contribution is 2.27. The summed E-state index contributed by atoms with van der Waals surface area (Å²) in [5, 5.41) is 19.7. The molecule has 22 heavy (non-hydrogen) atoms. The van der Waals surface area contributed by atoms with Crippen LogP contribution < -0.4 is 5.73 Å². The molecule has 0 unspecified atom stereocenters. The number of fused-ring (bicyclic) bond motifs is 2. The smallest absolute Gasteiger partial charge is 0.263 e. The number of hydrogen-bond acceptors (Lipinski definition) is 5. The zero-order chi connectivity index (χ0) is 14.9. The van der Waals surface area contributed by atoms with Crippen molar-refractivity contribution in [2.24, 2.45) is 5.10 Å². The highest BCUT2D eigenvalue weighted by Gasteiger charge is 2.06. The van der Waals surface area contributed by atoms with E-state index < -0.39 is 0 Å². The Morgan fingerprint density at radius 1 is 0.955 bits per heavy atom. The molecule has 4 rings (SSSR count). The summed E-state index contributed by atoms with van der Waals surface area (Å²) in [6.07, 6.45) is 1.75. The average Bonchev–Trinajstić information content (AvgIpc) is 2.96. The minimum absolute atomic E-state index is 0.154. The van der Waals surface area contributed by atoms with Gasteiger partial charge in [-0.1, -0.05) is 58.4 Å². The number of anilines is 1. The van der Waals surface area contributed by atoms with Gasteiger partial charge in [-0.2, -0.15) is 5.10 Å². The molecule has 6 heteroatoms. The van der Waals surface area contributed by atoms with Crippen molar-refractivity contribution >= 4 is 33.7 Å². The van der Waals surface area contributed by atoms with Gasteiger partial charge in [-0.25, -0.2) is 0 Å². The second-order valence-electron chi connectivity index (χ2n) is 4.90. The molecule has 0 radical (unpaired) electrons. The number of nitrogen functional groups attached to an aromatic ring is 1. The van der Waals surface area contributed by atoms with Gasteiger partial charge in [0, 0.05) is 5.56 Å². The quantitative estimate of drug-likeness (QED) is 0.453. The van der Waals surface area contributed by atoms with E-state index in [4.69, 9.17) is 5.73 Å². The Bertz CT molecular complexity index is 948. The highest BCUT2D eigenvalue weighted by atomic mass is 15.7. The fourth-order valence-electron chi connectivity index (χ4n) is 2.57. The van der Waals surface area contributed by atoms with Crippen molar-refractivity contribution in [2.75, 3.05) is 5.73 Å². The van der Waals surface area contributed by atoms with Crippen LogP contribution in [0, 0.1) is 0 Å². The largest absolute Gasteiger partial charge is 0.365 e. The molecular formula is C16H12N6. The summed E-state index contributed by atoms with van der Waals surface area (Å²) in [5.74, 6) is 0.154. The molecule has 1 heterocycles. The Kier molecular flexibility index (Phi) is 2.79. The van der Waals surface area contributed by atoms with Gasteiger partial charge in [-0.15, -0.1) is 0 Å². The van der Waals surface area contributed by atoms with E-state index in [1.807, 2.05) is 24.3 Å². The van der Waals surface area contributed by atoms with Gasteiger partial charge in [0.05, 0.1) is 6.21 Å². The minimum atomic E-state index is 0.154. The number of hydrogen-bond donors (Lipinski definition) is 1. The summed E-state index contributed by atoms with van der Waals surface area (Å²) < 4.78 is 0. The van der Waals surface area contributed by atoms with Crippen molar-refractivity contribution in [2.45, 2.75) is 0 Å². The Balaban J connectivity index is 2.00. The van der Waals surface area contributed by atoms with E-state index in [-0.39, 0.29) is 5.95 Å². The van der Waals surface area contributed by atoms with Crippen molar-refractivity contribution in [3.63, 3.8) is 0 Å². The molecule has 106 valence electrons. The van der Waals surface area contributed by atoms with Crippen LogP contribution in [-0.4, -0.2) is 26.5 Å². The van der Waals surface area contributed by atoms with Gasteiger partial charge < -0.3 is 5.73 Å². The Morgan fingerprint density at radius 2 is 1.59 bits per heavy atom. The van der Waals surface area contributed by atoms with Crippen LogP contribution >= 0.6 is 0 Å². The number of nitrogens with zero attached hydrogens (tertiary/aromatic N) is 5. The van der Waals surface area contributed by atoms with Gasteiger partial charge in [0.15, 0.2) is 0 Å². The summed E-state index contributed by atoms with van der Waals surface area (Å²) in [5.41, 5.74) is 6.66. The van der Waals surface area contributed by atoms with E-state index in [0.717, 1.165) is 27.1 Å². The Morgan fingerprint density at radius 3 is 2.18 bits per heavy atom. The standard InChI is InChI=1S/C16H12N6/c17-16-19-20-21-22(16)18-10-15-13-7-3-1-5-11(13)9-12-6-2-4-8-14(12)15/h1-10H,(H2,17,19,21)/b18-10+. The predicted octanol–water partition coefficient (Wildman–Crippen LogP) is 2.44. The summed E-state index contributed by atoms with van der Waals surface area (Å²) in [6.45, 7) is 0. The molecule has 0 aliphatic carbocycles. The summed E-state index contributed by atoms with van der Waals surface area (Å²) in [6, 6.07) is 18.6. The van der Waals surface area contributed by atoms with Crippen LogP contribution in [0.15, 0.2) is 59.7 Å². The molecule has 0 atom stereocenters. The average molecular weight is 288 g/mol. The van der Waals surface area contributed by atoms with Crippen LogP contribution in [0.4, 0.5) is 5.95 Å². The number of aromatic nitrogens is 4. The molecule has 0 fully saturated rings. The molecule has 4 aromatic rings. The normalized spacial score (nSPS) is 11.6. The molecule has 0 saturated carbocycles. The van der Waals surface area contributed by atoms with Crippen molar-refractivity contribution in [3.05, 3.63) is 60.2 Å². The number of nitrogens with two attached hydrogens (primary N) is 1. The topological polar surface area (TPSA) is 82.0 Å². The van der Waals surface area contributed by atoms with E-state index in [1.165, 1.54) is 4.79 Å². The lowest BCUT2D eigenvalue weighted by Gasteiger charge is -2.07. The third-order valence-corrected chi connectivity index (χ3v) is 3.59. The number of benzene rings is 3. The summed E-state index contributed by atoms with van der Waals surface area (Å²) >= 11 is 0. The third kappa shape index (κ3) is 1.98. The second-order valence-corrected chi connectivity index (χ2v) is 4.90. The maximum atomic E-state index is 5.64. The molecule has 6 nitrogen and oxygen atoms in total. The lowest BCUT2D eigenvalue weighted by atomic mass is 9.97.